The standard InChI is InChI=1S/C17H20N2O/c1-14-17(9-11-20-14)13-19(2)12-16-7-5-15(6-8-16)4-3-10-18/h5-9,11H,10,12-13,18H2,1-2H3. The Kier molecular flexibility index (Phi) is 5.00. The summed E-state index contributed by atoms with van der Waals surface area (Å²) in [4.78, 5) is 2.26. The molecule has 0 amide bonds. The number of furan rings is 1. The molecular weight excluding hydrogens is 248 g/mol. The lowest BCUT2D eigenvalue weighted by Gasteiger charge is -2.16. The van der Waals surface area contributed by atoms with Gasteiger partial charge in [0.1, 0.15) is 5.76 Å². The molecule has 0 fully saturated rings. The van der Waals surface area contributed by atoms with Gasteiger partial charge >= 0.3 is 0 Å². The van der Waals surface area contributed by atoms with Crippen LogP contribution in [0.5, 0.6) is 0 Å². The fourth-order valence-electron chi connectivity index (χ4n) is 2.08. The van der Waals surface area contributed by atoms with Crippen LogP contribution in [0.4, 0.5) is 0 Å². The Morgan fingerprint density at radius 2 is 1.90 bits per heavy atom. The zero-order chi connectivity index (χ0) is 14.4. The van der Waals surface area contributed by atoms with Gasteiger partial charge in [0.05, 0.1) is 12.8 Å². The first-order valence-electron chi connectivity index (χ1n) is 6.68. The van der Waals surface area contributed by atoms with Crippen molar-refractivity contribution in [3.63, 3.8) is 0 Å². The summed E-state index contributed by atoms with van der Waals surface area (Å²) >= 11 is 0. The van der Waals surface area contributed by atoms with Gasteiger partial charge in [0.2, 0.25) is 0 Å². The molecule has 0 radical (unpaired) electrons. The molecule has 0 aliphatic carbocycles. The first-order valence-corrected chi connectivity index (χ1v) is 6.68. The molecule has 0 saturated heterocycles. The molecule has 0 atom stereocenters. The summed E-state index contributed by atoms with van der Waals surface area (Å²) in [5.41, 5.74) is 8.87. The van der Waals surface area contributed by atoms with Gasteiger partial charge in [0, 0.05) is 24.2 Å². The molecule has 3 nitrogen and oxygen atoms in total. The third-order valence-electron chi connectivity index (χ3n) is 3.15. The summed E-state index contributed by atoms with van der Waals surface area (Å²) in [6, 6.07) is 10.3. The molecule has 0 aliphatic heterocycles. The maximum absolute atomic E-state index is 5.36. The highest BCUT2D eigenvalue weighted by molar-refractivity contribution is 5.36. The molecule has 3 heteroatoms. The smallest absolute Gasteiger partial charge is 0.105 e. The van der Waals surface area contributed by atoms with Crippen molar-refractivity contribution in [2.75, 3.05) is 13.6 Å². The molecule has 0 aliphatic rings. The topological polar surface area (TPSA) is 42.4 Å². The fourth-order valence-corrected chi connectivity index (χ4v) is 2.08. The molecule has 2 rings (SSSR count). The van der Waals surface area contributed by atoms with Crippen LogP contribution in [-0.4, -0.2) is 18.5 Å². The summed E-state index contributed by atoms with van der Waals surface area (Å²) in [6.07, 6.45) is 1.74. The Labute approximate surface area is 120 Å². The number of benzene rings is 1. The van der Waals surface area contributed by atoms with Gasteiger partial charge in [-0.15, -0.1) is 0 Å². The van der Waals surface area contributed by atoms with Gasteiger partial charge in [0.15, 0.2) is 0 Å². The van der Waals surface area contributed by atoms with E-state index in [1.54, 1.807) is 6.26 Å². The molecule has 1 aromatic heterocycles. The fraction of sp³-hybridized carbons (Fsp3) is 0.294. The van der Waals surface area contributed by atoms with Crippen LogP contribution in [-0.2, 0) is 13.1 Å². The lowest BCUT2D eigenvalue weighted by molar-refractivity contribution is 0.316. The van der Waals surface area contributed by atoms with Crippen molar-refractivity contribution < 1.29 is 4.42 Å². The van der Waals surface area contributed by atoms with Crippen LogP contribution in [0.3, 0.4) is 0 Å². The van der Waals surface area contributed by atoms with Gasteiger partial charge in [-0.2, -0.15) is 0 Å². The zero-order valence-corrected chi connectivity index (χ0v) is 12.0. The number of hydrogen-bond acceptors (Lipinski definition) is 3. The Bertz CT molecular complexity index is 602. The highest BCUT2D eigenvalue weighted by atomic mass is 16.3. The van der Waals surface area contributed by atoms with Gasteiger partial charge in [-0.1, -0.05) is 24.0 Å². The molecule has 2 aromatic rings. The minimum absolute atomic E-state index is 0.397. The van der Waals surface area contributed by atoms with E-state index in [1.165, 1.54) is 11.1 Å². The number of rotatable bonds is 4. The second-order valence-corrected chi connectivity index (χ2v) is 4.88. The molecule has 0 saturated carbocycles. The first-order chi connectivity index (χ1) is 9.69. The van der Waals surface area contributed by atoms with Crippen molar-refractivity contribution in [3.05, 3.63) is 59.0 Å². The van der Waals surface area contributed by atoms with Crippen LogP contribution >= 0.6 is 0 Å². The average molecular weight is 268 g/mol. The summed E-state index contributed by atoms with van der Waals surface area (Å²) in [6.45, 7) is 4.18. The lowest BCUT2D eigenvalue weighted by atomic mass is 10.1. The quantitative estimate of drug-likeness (QED) is 0.866. The highest BCUT2D eigenvalue weighted by Gasteiger charge is 2.06. The third-order valence-corrected chi connectivity index (χ3v) is 3.15. The number of nitrogens with two attached hydrogens (primary N) is 1. The van der Waals surface area contributed by atoms with E-state index < -0.39 is 0 Å². The predicted molar refractivity (Wildman–Crippen MR) is 81.0 cm³/mol. The lowest BCUT2D eigenvalue weighted by Crippen LogP contribution is -2.17. The van der Waals surface area contributed by atoms with E-state index in [0.29, 0.717) is 6.54 Å². The van der Waals surface area contributed by atoms with Crippen LogP contribution in [0.25, 0.3) is 0 Å². The monoisotopic (exact) mass is 268 g/mol. The third kappa shape index (κ3) is 3.99. The van der Waals surface area contributed by atoms with Crippen molar-refractivity contribution in [3.8, 4) is 11.8 Å². The Morgan fingerprint density at radius 1 is 1.15 bits per heavy atom. The second-order valence-electron chi connectivity index (χ2n) is 4.88. The number of nitrogens with zero attached hydrogens (tertiary/aromatic N) is 1. The van der Waals surface area contributed by atoms with Crippen LogP contribution in [0.1, 0.15) is 22.5 Å². The van der Waals surface area contributed by atoms with Gasteiger partial charge < -0.3 is 10.2 Å². The van der Waals surface area contributed by atoms with E-state index in [2.05, 4.69) is 35.9 Å². The summed E-state index contributed by atoms with van der Waals surface area (Å²) in [5, 5.41) is 0. The molecule has 0 spiro atoms. The summed E-state index contributed by atoms with van der Waals surface area (Å²) in [5.74, 6) is 6.88. The van der Waals surface area contributed by atoms with E-state index in [-0.39, 0.29) is 0 Å². The minimum atomic E-state index is 0.397. The first kappa shape index (κ1) is 14.4. The van der Waals surface area contributed by atoms with Crippen molar-refractivity contribution >= 4 is 0 Å². The van der Waals surface area contributed by atoms with Crippen molar-refractivity contribution in [2.45, 2.75) is 20.0 Å². The van der Waals surface area contributed by atoms with Gasteiger partial charge in [-0.3, -0.25) is 4.90 Å². The maximum atomic E-state index is 5.36. The van der Waals surface area contributed by atoms with Crippen LogP contribution in [0.15, 0.2) is 41.0 Å². The minimum Gasteiger partial charge on any atom is -0.469 e. The van der Waals surface area contributed by atoms with E-state index in [1.807, 2.05) is 25.1 Å². The van der Waals surface area contributed by atoms with E-state index in [9.17, 15) is 0 Å². The number of hydrogen-bond donors (Lipinski definition) is 1. The SMILES string of the molecule is Cc1occc1CN(C)Cc1ccc(C#CCN)cc1. The second kappa shape index (κ2) is 6.95. The van der Waals surface area contributed by atoms with E-state index >= 15 is 0 Å². The normalized spacial score (nSPS) is 10.4. The van der Waals surface area contributed by atoms with E-state index in [4.69, 9.17) is 10.2 Å². The Balaban J connectivity index is 1.94. The van der Waals surface area contributed by atoms with Crippen LogP contribution < -0.4 is 5.73 Å². The van der Waals surface area contributed by atoms with Gasteiger partial charge in [-0.25, -0.2) is 0 Å². The largest absolute Gasteiger partial charge is 0.469 e. The predicted octanol–water partition coefficient (Wildman–Crippen LogP) is 2.53. The molecule has 1 aromatic carbocycles. The average Bonchev–Trinajstić information content (AvgIpc) is 2.83. The molecule has 0 bridgehead atoms. The van der Waals surface area contributed by atoms with Crippen LogP contribution in [0, 0.1) is 18.8 Å². The van der Waals surface area contributed by atoms with Crippen molar-refractivity contribution in [2.24, 2.45) is 5.73 Å². The Hall–Kier alpha value is -2.02. The van der Waals surface area contributed by atoms with Gasteiger partial charge in [0.25, 0.3) is 0 Å². The zero-order valence-electron chi connectivity index (χ0n) is 12.0. The molecule has 1 heterocycles. The summed E-state index contributed by atoms with van der Waals surface area (Å²) in [7, 11) is 2.11. The number of aryl methyl sites for hydroxylation is 1. The molecule has 2 N–H and O–H groups in total. The molecule has 20 heavy (non-hydrogen) atoms. The van der Waals surface area contributed by atoms with E-state index in [0.717, 1.165) is 24.4 Å². The molecule has 104 valence electrons. The van der Waals surface area contributed by atoms with Crippen molar-refractivity contribution in [1.82, 2.24) is 4.90 Å². The van der Waals surface area contributed by atoms with Crippen LogP contribution in [0.2, 0.25) is 0 Å². The molecule has 0 unspecified atom stereocenters. The van der Waals surface area contributed by atoms with Crippen molar-refractivity contribution in [1.29, 1.82) is 0 Å². The maximum Gasteiger partial charge on any atom is 0.105 e. The summed E-state index contributed by atoms with van der Waals surface area (Å²) < 4.78 is 5.32. The Morgan fingerprint density at radius 3 is 2.50 bits per heavy atom. The molecular formula is C17H20N2O. The highest BCUT2D eigenvalue weighted by Crippen LogP contribution is 2.13. The van der Waals surface area contributed by atoms with Gasteiger partial charge in [-0.05, 0) is 37.7 Å².